The highest BCUT2D eigenvalue weighted by Gasteiger charge is 2.39. The maximum absolute atomic E-state index is 13.7. The largest absolute Gasteiger partial charge is 0.359 e. The minimum atomic E-state index is -0.300. The number of anilines is 1. The van der Waals surface area contributed by atoms with E-state index in [1.807, 2.05) is 0 Å². The Morgan fingerprint density at radius 2 is 2.16 bits per heavy atom. The normalized spacial score (nSPS) is 28.4. The van der Waals surface area contributed by atoms with Gasteiger partial charge in [-0.2, -0.15) is 0 Å². The molecule has 0 amide bonds. The van der Waals surface area contributed by atoms with Crippen molar-refractivity contribution in [3.05, 3.63) is 28.5 Å². The van der Waals surface area contributed by atoms with E-state index in [0.29, 0.717) is 16.8 Å². The van der Waals surface area contributed by atoms with Crippen LogP contribution in [0.3, 0.4) is 0 Å². The summed E-state index contributed by atoms with van der Waals surface area (Å²) in [4.78, 5) is 0. The Morgan fingerprint density at radius 3 is 2.79 bits per heavy atom. The van der Waals surface area contributed by atoms with Gasteiger partial charge in [0.25, 0.3) is 0 Å². The molecule has 1 aromatic rings. The molecule has 0 unspecified atom stereocenters. The molecule has 3 rings (SSSR count). The van der Waals surface area contributed by atoms with Gasteiger partial charge in [0.2, 0.25) is 0 Å². The Balaban J connectivity index is 1.59. The molecule has 0 aliphatic heterocycles. The van der Waals surface area contributed by atoms with Gasteiger partial charge in [-0.15, -0.1) is 0 Å². The van der Waals surface area contributed by atoms with E-state index in [4.69, 9.17) is 12.2 Å². The third-order valence-corrected chi connectivity index (χ3v) is 4.95. The van der Waals surface area contributed by atoms with Crippen molar-refractivity contribution in [3.63, 3.8) is 0 Å². The van der Waals surface area contributed by atoms with Crippen molar-refractivity contribution in [1.29, 1.82) is 0 Å². The van der Waals surface area contributed by atoms with Crippen LogP contribution in [-0.2, 0) is 0 Å². The lowest BCUT2D eigenvalue weighted by Gasteiger charge is -2.24. The Kier molecular flexibility index (Phi) is 3.76. The topological polar surface area (TPSA) is 24.1 Å². The highest BCUT2D eigenvalue weighted by atomic mass is 79.9. The van der Waals surface area contributed by atoms with Crippen LogP contribution in [-0.4, -0.2) is 11.2 Å². The molecule has 0 spiro atoms. The Hall–Kier alpha value is -0.680. The minimum Gasteiger partial charge on any atom is -0.359 e. The van der Waals surface area contributed by atoms with E-state index in [9.17, 15) is 4.39 Å². The number of fused-ring (bicyclic) bond motifs is 2. The SMILES string of the molecule is Fc1cc(Br)ccc1NC(=S)N[C@H]1C[C@H]2CC[C@@H]1C2. The van der Waals surface area contributed by atoms with Gasteiger partial charge in [-0.25, -0.2) is 4.39 Å². The van der Waals surface area contributed by atoms with Gasteiger partial charge in [-0.3, -0.25) is 0 Å². The molecular formula is C14H16BrFN2S. The van der Waals surface area contributed by atoms with Gasteiger partial charge in [0.1, 0.15) is 5.82 Å². The maximum Gasteiger partial charge on any atom is 0.171 e. The molecule has 2 saturated carbocycles. The van der Waals surface area contributed by atoms with Crippen LogP contribution in [0, 0.1) is 17.7 Å². The first kappa shape index (κ1) is 13.3. The molecule has 2 aliphatic carbocycles. The minimum absolute atomic E-state index is 0.300. The lowest BCUT2D eigenvalue weighted by Crippen LogP contribution is -2.40. The fraction of sp³-hybridized carbons (Fsp3) is 0.500. The van der Waals surface area contributed by atoms with E-state index < -0.39 is 0 Å². The van der Waals surface area contributed by atoms with E-state index in [2.05, 4.69) is 26.6 Å². The monoisotopic (exact) mass is 342 g/mol. The lowest BCUT2D eigenvalue weighted by atomic mass is 9.96. The predicted octanol–water partition coefficient (Wildman–Crippen LogP) is 4.06. The van der Waals surface area contributed by atoms with Crippen LogP contribution in [0.5, 0.6) is 0 Å². The van der Waals surface area contributed by atoms with Crippen LogP contribution in [0.2, 0.25) is 0 Å². The van der Waals surface area contributed by atoms with Crippen molar-refractivity contribution in [2.24, 2.45) is 11.8 Å². The zero-order valence-electron chi connectivity index (χ0n) is 10.5. The van der Waals surface area contributed by atoms with Gasteiger partial charge in [0, 0.05) is 10.5 Å². The van der Waals surface area contributed by atoms with Crippen molar-refractivity contribution in [1.82, 2.24) is 5.32 Å². The van der Waals surface area contributed by atoms with Crippen LogP contribution in [0.4, 0.5) is 10.1 Å². The second-order valence-electron chi connectivity index (χ2n) is 5.50. The molecule has 0 heterocycles. The number of halogens is 2. The molecule has 2 aliphatic rings. The van der Waals surface area contributed by atoms with Crippen molar-refractivity contribution in [2.75, 3.05) is 5.32 Å². The molecule has 0 aromatic heterocycles. The summed E-state index contributed by atoms with van der Waals surface area (Å²) in [5.41, 5.74) is 0.420. The quantitative estimate of drug-likeness (QED) is 0.792. The third-order valence-electron chi connectivity index (χ3n) is 4.23. The smallest absolute Gasteiger partial charge is 0.171 e. The van der Waals surface area contributed by atoms with Gasteiger partial charge in [0.15, 0.2) is 5.11 Å². The summed E-state index contributed by atoms with van der Waals surface area (Å²) in [5.74, 6) is 1.32. The van der Waals surface area contributed by atoms with Crippen molar-refractivity contribution in [3.8, 4) is 0 Å². The Morgan fingerprint density at radius 1 is 1.32 bits per heavy atom. The van der Waals surface area contributed by atoms with E-state index in [1.165, 1.54) is 31.7 Å². The molecule has 102 valence electrons. The fourth-order valence-corrected chi connectivity index (χ4v) is 3.93. The molecule has 2 nitrogen and oxygen atoms in total. The molecule has 1 aromatic carbocycles. The summed E-state index contributed by atoms with van der Waals surface area (Å²) in [6.07, 6.45) is 5.20. The Bertz CT molecular complexity index is 508. The van der Waals surface area contributed by atoms with E-state index in [1.54, 1.807) is 12.1 Å². The molecule has 2 fully saturated rings. The number of hydrogen-bond donors (Lipinski definition) is 2. The molecule has 5 heteroatoms. The summed E-state index contributed by atoms with van der Waals surface area (Å²) >= 11 is 8.52. The predicted molar refractivity (Wildman–Crippen MR) is 82.7 cm³/mol. The molecule has 0 radical (unpaired) electrons. The van der Waals surface area contributed by atoms with Crippen LogP contribution in [0.25, 0.3) is 0 Å². The van der Waals surface area contributed by atoms with E-state index in [-0.39, 0.29) is 5.82 Å². The number of hydrogen-bond acceptors (Lipinski definition) is 1. The zero-order chi connectivity index (χ0) is 13.4. The molecule has 3 atom stereocenters. The first-order chi connectivity index (χ1) is 9.11. The van der Waals surface area contributed by atoms with Gasteiger partial charge < -0.3 is 10.6 Å². The van der Waals surface area contributed by atoms with Gasteiger partial charge in [-0.1, -0.05) is 22.4 Å². The van der Waals surface area contributed by atoms with E-state index in [0.717, 1.165) is 16.3 Å². The molecule has 2 bridgehead atoms. The number of nitrogens with one attached hydrogen (secondary N) is 2. The average molecular weight is 343 g/mol. The number of thiocarbonyl (C=S) groups is 1. The second-order valence-corrected chi connectivity index (χ2v) is 6.83. The third kappa shape index (κ3) is 2.92. The zero-order valence-corrected chi connectivity index (χ0v) is 12.9. The number of benzene rings is 1. The standard InChI is InChI=1S/C14H16BrFN2S/c15-10-3-4-12(11(16)7-10)17-14(19)18-13-6-8-1-2-9(13)5-8/h3-4,7-9,13H,1-2,5-6H2,(H2,17,18,19)/t8-,9+,13-/m0/s1. The summed E-state index contributed by atoms with van der Waals surface area (Å²) in [7, 11) is 0. The first-order valence-corrected chi connectivity index (χ1v) is 7.84. The Labute approximate surface area is 126 Å². The van der Waals surface area contributed by atoms with Crippen molar-refractivity contribution >= 4 is 38.9 Å². The highest BCUT2D eigenvalue weighted by molar-refractivity contribution is 9.10. The van der Waals surface area contributed by atoms with Gasteiger partial charge in [0.05, 0.1) is 5.69 Å². The second kappa shape index (κ2) is 5.37. The first-order valence-electron chi connectivity index (χ1n) is 6.64. The summed E-state index contributed by atoms with van der Waals surface area (Å²) in [6.45, 7) is 0. The fourth-order valence-electron chi connectivity index (χ4n) is 3.34. The average Bonchev–Trinajstić information content (AvgIpc) is 2.95. The van der Waals surface area contributed by atoms with E-state index >= 15 is 0 Å². The van der Waals surface area contributed by atoms with Gasteiger partial charge >= 0.3 is 0 Å². The molecule has 2 N–H and O–H groups in total. The molecular weight excluding hydrogens is 327 g/mol. The van der Waals surface area contributed by atoms with Crippen molar-refractivity contribution < 1.29 is 4.39 Å². The molecule has 19 heavy (non-hydrogen) atoms. The van der Waals surface area contributed by atoms with Crippen LogP contribution in [0.1, 0.15) is 25.7 Å². The van der Waals surface area contributed by atoms with Crippen LogP contribution < -0.4 is 10.6 Å². The van der Waals surface area contributed by atoms with Gasteiger partial charge in [-0.05, 0) is 61.5 Å². The van der Waals surface area contributed by atoms with Crippen LogP contribution in [0.15, 0.2) is 22.7 Å². The lowest BCUT2D eigenvalue weighted by molar-refractivity contribution is 0.391. The molecule has 0 saturated heterocycles. The highest BCUT2D eigenvalue weighted by Crippen LogP contribution is 2.44. The summed E-state index contributed by atoms with van der Waals surface area (Å²) < 4.78 is 14.4. The maximum atomic E-state index is 13.7. The summed E-state index contributed by atoms with van der Waals surface area (Å²) in [5, 5.41) is 6.82. The summed E-state index contributed by atoms with van der Waals surface area (Å²) in [6, 6.07) is 5.39. The number of rotatable bonds is 2. The van der Waals surface area contributed by atoms with Crippen molar-refractivity contribution in [2.45, 2.75) is 31.7 Å². The van der Waals surface area contributed by atoms with Crippen LogP contribution >= 0.6 is 28.1 Å².